The zero-order chi connectivity index (χ0) is 13.3. The van der Waals surface area contributed by atoms with Gasteiger partial charge < -0.3 is 0 Å². The molecule has 0 atom stereocenters. The quantitative estimate of drug-likeness (QED) is 0.787. The third-order valence-electron chi connectivity index (χ3n) is 2.97. The standard InChI is InChI=1S/C12H11ClN2O.C2H6/c1-7-14-10-4-2-3-9(13)11(10)12(16)15(7)8-5-6-8;1-2/h2-4,8H,5-6H2,1H3;1-2H3. The monoisotopic (exact) mass is 264 g/mol. The van der Waals surface area contributed by atoms with Gasteiger partial charge in [-0.2, -0.15) is 0 Å². The summed E-state index contributed by atoms with van der Waals surface area (Å²) in [6.45, 7) is 5.88. The summed E-state index contributed by atoms with van der Waals surface area (Å²) in [5, 5.41) is 1.03. The molecule has 0 saturated heterocycles. The highest BCUT2D eigenvalue weighted by atomic mass is 35.5. The summed E-state index contributed by atoms with van der Waals surface area (Å²) in [6.07, 6.45) is 2.14. The van der Waals surface area contributed by atoms with Gasteiger partial charge in [0.05, 0.1) is 15.9 Å². The average molecular weight is 265 g/mol. The lowest BCUT2D eigenvalue weighted by atomic mass is 10.2. The highest BCUT2D eigenvalue weighted by molar-refractivity contribution is 6.35. The number of hydrogen-bond acceptors (Lipinski definition) is 2. The summed E-state index contributed by atoms with van der Waals surface area (Å²) >= 11 is 6.06. The van der Waals surface area contributed by atoms with Crippen molar-refractivity contribution in [1.29, 1.82) is 0 Å². The SMILES string of the molecule is CC.Cc1nc2cccc(Cl)c2c(=O)n1C1CC1. The number of benzene rings is 1. The van der Waals surface area contributed by atoms with E-state index in [2.05, 4.69) is 4.98 Å². The average Bonchev–Trinajstić information content (AvgIpc) is 3.15. The smallest absolute Gasteiger partial charge is 0.263 e. The van der Waals surface area contributed by atoms with Gasteiger partial charge in [-0.1, -0.05) is 31.5 Å². The molecule has 1 aromatic heterocycles. The molecule has 0 radical (unpaired) electrons. The molecule has 1 aliphatic rings. The fraction of sp³-hybridized carbons (Fsp3) is 0.429. The largest absolute Gasteiger partial charge is 0.293 e. The first kappa shape index (κ1) is 13.1. The molecule has 3 rings (SSSR count). The second-order valence-electron chi connectivity index (χ2n) is 4.20. The molecule has 1 aromatic carbocycles. The molecule has 4 heteroatoms. The molecule has 0 bridgehead atoms. The molecule has 0 N–H and O–H groups in total. The second-order valence-corrected chi connectivity index (χ2v) is 4.61. The molecule has 1 heterocycles. The van der Waals surface area contributed by atoms with Crippen molar-refractivity contribution in [3.05, 3.63) is 39.4 Å². The molecule has 0 amide bonds. The van der Waals surface area contributed by atoms with Crippen molar-refractivity contribution in [2.75, 3.05) is 0 Å². The number of nitrogens with zero attached hydrogens (tertiary/aromatic N) is 2. The van der Waals surface area contributed by atoms with Crippen molar-refractivity contribution < 1.29 is 0 Å². The van der Waals surface area contributed by atoms with Crippen LogP contribution in [0.4, 0.5) is 0 Å². The molecule has 1 aliphatic carbocycles. The van der Waals surface area contributed by atoms with Crippen LogP contribution < -0.4 is 5.56 Å². The van der Waals surface area contributed by atoms with Crippen LogP contribution in [0, 0.1) is 6.92 Å². The van der Waals surface area contributed by atoms with Gasteiger partial charge in [-0.05, 0) is 31.9 Å². The summed E-state index contributed by atoms with van der Waals surface area (Å²) in [7, 11) is 0. The Bertz CT molecular complexity index is 629. The van der Waals surface area contributed by atoms with Crippen molar-refractivity contribution in [3.8, 4) is 0 Å². The number of aromatic nitrogens is 2. The lowest BCUT2D eigenvalue weighted by Crippen LogP contribution is -2.23. The molecular formula is C14H17ClN2O. The minimum atomic E-state index is -0.00407. The van der Waals surface area contributed by atoms with Crippen LogP contribution in [-0.2, 0) is 0 Å². The molecule has 3 nitrogen and oxygen atoms in total. The Labute approximate surface area is 111 Å². The van der Waals surface area contributed by atoms with Crippen LogP contribution in [0.15, 0.2) is 23.0 Å². The summed E-state index contributed by atoms with van der Waals surface area (Å²) in [4.78, 5) is 16.7. The summed E-state index contributed by atoms with van der Waals surface area (Å²) in [5.74, 6) is 0.780. The molecule has 2 aromatic rings. The molecule has 18 heavy (non-hydrogen) atoms. The van der Waals surface area contributed by atoms with Crippen molar-refractivity contribution in [2.24, 2.45) is 0 Å². The van der Waals surface area contributed by atoms with E-state index in [-0.39, 0.29) is 5.56 Å². The molecule has 96 valence electrons. The van der Waals surface area contributed by atoms with Gasteiger partial charge >= 0.3 is 0 Å². The predicted octanol–water partition coefficient (Wildman–Crippen LogP) is 3.72. The fourth-order valence-electron chi connectivity index (χ4n) is 2.08. The van der Waals surface area contributed by atoms with Gasteiger partial charge in [0, 0.05) is 6.04 Å². The molecule has 0 aliphatic heterocycles. The second kappa shape index (κ2) is 5.11. The first-order valence-corrected chi connectivity index (χ1v) is 6.73. The number of aryl methyl sites for hydroxylation is 1. The third kappa shape index (κ3) is 2.15. The first-order chi connectivity index (χ1) is 8.68. The normalized spacial score (nSPS) is 14.2. The zero-order valence-corrected chi connectivity index (χ0v) is 11.7. The molecule has 1 fully saturated rings. The van der Waals surface area contributed by atoms with E-state index < -0.39 is 0 Å². The van der Waals surface area contributed by atoms with E-state index in [0.717, 1.165) is 18.7 Å². The maximum absolute atomic E-state index is 12.3. The fourth-order valence-corrected chi connectivity index (χ4v) is 2.33. The van der Waals surface area contributed by atoms with Crippen LogP contribution >= 0.6 is 11.6 Å². The van der Waals surface area contributed by atoms with Crippen LogP contribution in [0.25, 0.3) is 10.9 Å². The van der Waals surface area contributed by atoms with Crippen LogP contribution in [-0.4, -0.2) is 9.55 Å². The third-order valence-corrected chi connectivity index (χ3v) is 3.28. The van der Waals surface area contributed by atoms with E-state index in [1.807, 2.05) is 32.9 Å². The number of rotatable bonds is 1. The molecule has 0 spiro atoms. The highest BCUT2D eigenvalue weighted by Gasteiger charge is 2.27. The lowest BCUT2D eigenvalue weighted by molar-refractivity contribution is 0.668. The minimum Gasteiger partial charge on any atom is -0.293 e. The topological polar surface area (TPSA) is 34.9 Å². The van der Waals surface area contributed by atoms with Gasteiger partial charge in [-0.25, -0.2) is 4.98 Å². The summed E-state index contributed by atoms with van der Waals surface area (Å²) in [5.41, 5.74) is 0.683. The molecular weight excluding hydrogens is 248 g/mol. The zero-order valence-electron chi connectivity index (χ0n) is 10.9. The Morgan fingerprint density at radius 1 is 1.33 bits per heavy atom. The Morgan fingerprint density at radius 3 is 2.61 bits per heavy atom. The van der Waals surface area contributed by atoms with E-state index in [1.165, 1.54) is 0 Å². The van der Waals surface area contributed by atoms with E-state index in [4.69, 9.17) is 11.6 Å². The Morgan fingerprint density at radius 2 is 2.00 bits per heavy atom. The van der Waals surface area contributed by atoms with E-state index in [9.17, 15) is 4.79 Å². The van der Waals surface area contributed by atoms with Gasteiger partial charge in [0.1, 0.15) is 5.82 Å². The Hall–Kier alpha value is -1.35. The van der Waals surface area contributed by atoms with Crippen molar-refractivity contribution >= 4 is 22.5 Å². The maximum Gasteiger partial charge on any atom is 0.263 e. The van der Waals surface area contributed by atoms with Crippen LogP contribution in [0.5, 0.6) is 0 Å². The Kier molecular flexibility index (Phi) is 3.71. The molecule has 1 saturated carbocycles. The maximum atomic E-state index is 12.3. The van der Waals surface area contributed by atoms with Crippen molar-refractivity contribution in [2.45, 2.75) is 39.7 Å². The number of halogens is 1. The van der Waals surface area contributed by atoms with Crippen molar-refractivity contribution in [3.63, 3.8) is 0 Å². The minimum absolute atomic E-state index is 0.00407. The summed E-state index contributed by atoms with van der Waals surface area (Å²) < 4.78 is 1.77. The predicted molar refractivity (Wildman–Crippen MR) is 75.4 cm³/mol. The van der Waals surface area contributed by atoms with Gasteiger partial charge in [-0.15, -0.1) is 0 Å². The van der Waals surface area contributed by atoms with Gasteiger partial charge in [0.15, 0.2) is 0 Å². The van der Waals surface area contributed by atoms with Crippen LogP contribution in [0.1, 0.15) is 38.6 Å². The number of hydrogen-bond donors (Lipinski definition) is 0. The van der Waals surface area contributed by atoms with Gasteiger partial charge in [-0.3, -0.25) is 9.36 Å². The lowest BCUT2D eigenvalue weighted by Gasteiger charge is -2.09. The van der Waals surface area contributed by atoms with Crippen molar-refractivity contribution in [1.82, 2.24) is 9.55 Å². The first-order valence-electron chi connectivity index (χ1n) is 6.36. The van der Waals surface area contributed by atoms with Gasteiger partial charge in [0.2, 0.25) is 0 Å². The Balaban J connectivity index is 0.000000574. The van der Waals surface area contributed by atoms with E-state index in [1.54, 1.807) is 10.6 Å². The molecule has 0 unspecified atom stereocenters. The number of fused-ring (bicyclic) bond motifs is 1. The van der Waals surface area contributed by atoms with Crippen LogP contribution in [0.2, 0.25) is 5.02 Å². The highest BCUT2D eigenvalue weighted by Crippen LogP contribution is 2.34. The summed E-state index contributed by atoms with van der Waals surface area (Å²) in [6, 6.07) is 5.71. The van der Waals surface area contributed by atoms with Gasteiger partial charge in [0.25, 0.3) is 5.56 Å². The van der Waals surface area contributed by atoms with E-state index in [0.29, 0.717) is 22.0 Å². The van der Waals surface area contributed by atoms with Crippen LogP contribution in [0.3, 0.4) is 0 Å². The van der Waals surface area contributed by atoms with E-state index >= 15 is 0 Å².